The lowest BCUT2D eigenvalue weighted by molar-refractivity contribution is -0.376. The largest absolute Gasteiger partial charge is 0.508 e. The first-order chi connectivity index (χ1) is 19.8. The van der Waals surface area contributed by atoms with Crippen LogP contribution >= 0.6 is 0 Å². The number of ether oxygens (including phenoxy) is 4. The Morgan fingerprint density at radius 2 is 1.62 bits per heavy atom. The monoisotopic (exact) mass is 594 g/mol. The molecule has 2 aliphatic rings. The second-order valence-corrected chi connectivity index (χ2v) is 10.2. The van der Waals surface area contributed by atoms with Gasteiger partial charge in [0.2, 0.25) is 11.2 Å². The highest BCUT2D eigenvalue weighted by atomic mass is 16.7. The average Bonchev–Trinajstić information content (AvgIpc) is 2.96. The second-order valence-electron chi connectivity index (χ2n) is 10.2. The van der Waals surface area contributed by atoms with Gasteiger partial charge in [-0.25, -0.2) is 0 Å². The van der Waals surface area contributed by atoms with Crippen LogP contribution in [0.3, 0.4) is 0 Å². The van der Waals surface area contributed by atoms with Gasteiger partial charge in [-0.1, -0.05) is 0 Å². The van der Waals surface area contributed by atoms with Gasteiger partial charge in [-0.05, 0) is 25.1 Å². The predicted octanol–water partition coefficient (Wildman–Crippen LogP) is -1.36. The Bertz CT molecular complexity index is 1540. The Hall–Kier alpha value is -3.67. The molecule has 0 saturated carbocycles. The van der Waals surface area contributed by atoms with Crippen LogP contribution in [0.5, 0.6) is 28.7 Å². The van der Waals surface area contributed by atoms with E-state index in [9.17, 15) is 50.8 Å². The Labute approximate surface area is 236 Å². The van der Waals surface area contributed by atoms with Crippen molar-refractivity contribution >= 4 is 11.0 Å². The molecule has 9 N–H and O–H groups in total. The normalized spacial score (nSPS) is 33.4. The molecule has 1 aromatic heterocycles. The minimum Gasteiger partial charge on any atom is -0.508 e. The smallest absolute Gasteiger partial charge is 0.268 e. The van der Waals surface area contributed by atoms with E-state index in [-0.39, 0.29) is 28.0 Å². The first-order valence-corrected chi connectivity index (χ1v) is 12.8. The van der Waals surface area contributed by atoms with Crippen LogP contribution in [0.2, 0.25) is 0 Å². The van der Waals surface area contributed by atoms with Crippen molar-refractivity contribution in [2.75, 3.05) is 13.7 Å². The van der Waals surface area contributed by atoms with Gasteiger partial charge in [0.15, 0.2) is 29.5 Å². The summed E-state index contributed by atoms with van der Waals surface area (Å²) in [4.78, 5) is 14.1. The van der Waals surface area contributed by atoms with Crippen LogP contribution in [0.4, 0.5) is 0 Å². The van der Waals surface area contributed by atoms with Crippen molar-refractivity contribution in [1.29, 1.82) is 0 Å². The summed E-state index contributed by atoms with van der Waals surface area (Å²) in [6, 6.07) is 5.55. The summed E-state index contributed by atoms with van der Waals surface area (Å²) >= 11 is 0. The molecule has 0 spiro atoms. The van der Waals surface area contributed by atoms with Gasteiger partial charge in [-0.2, -0.15) is 0 Å². The van der Waals surface area contributed by atoms with E-state index in [1.807, 2.05) is 0 Å². The fourth-order valence-corrected chi connectivity index (χ4v) is 5.15. The number of rotatable bonds is 5. The van der Waals surface area contributed by atoms with E-state index in [0.29, 0.717) is 0 Å². The molecule has 9 atom stereocenters. The zero-order valence-corrected chi connectivity index (χ0v) is 22.2. The van der Waals surface area contributed by atoms with Gasteiger partial charge in [0.1, 0.15) is 53.0 Å². The molecule has 2 saturated heterocycles. The van der Waals surface area contributed by atoms with Gasteiger partial charge in [0, 0.05) is 17.7 Å². The molecule has 3 heterocycles. The highest BCUT2D eigenvalue weighted by Gasteiger charge is 2.63. The maximum absolute atomic E-state index is 14.1. The molecule has 5 rings (SSSR count). The van der Waals surface area contributed by atoms with Crippen LogP contribution in [-0.2, 0) is 9.47 Å². The molecule has 228 valence electrons. The van der Waals surface area contributed by atoms with Crippen LogP contribution in [0.1, 0.15) is 6.92 Å². The second kappa shape index (κ2) is 10.9. The maximum atomic E-state index is 14.1. The number of hydrogen-bond acceptors (Lipinski definition) is 15. The fourth-order valence-electron chi connectivity index (χ4n) is 5.15. The number of methoxy groups -OCH3 is 1. The molecule has 0 bridgehead atoms. The van der Waals surface area contributed by atoms with Crippen molar-refractivity contribution < 1.29 is 69.3 Å². The lowest BCUT2D eigenvalue weighted by Gasteiger charge is -2.52. The van der Waals surface area contributed by atoms with E-state index in [1.165, 1.54) is 20.1 Å². The maximum Gasteiger partial charge on any atom is 0.268 e. The minimum atomic E-state index is -2.73. The molecule has 0 unspecified atom stereocenters. The number of fused-ring (bicyclic) bond motifs is 1. The zero-order chi connectivity index (χ0) is 30.7. The van der Waals surface area contributed by atoms with Crippen LogP contribution in [0, 0.1) is 0 Å². The standard InChI is InChI=1S/C27H30O15/c1-9-18(32)21(35)22(36)26(40-9)27(25(37)19(33)14(31)8-39-27)42-24-20(34)17-15(38-2)6-11(28)7-16(17)41-23(24)10-3-4-12(29)13(30)5-10/h3-7,9,14,18-19,21-22,25-26,28-33,35-37H,8H2,1-2H3/t9-,14-,18+,19-,21+,22-,25-,26-,27-/m0/s1. The average molecular weight is 595 g/mol. The summed E-state index contributed by atoms with van der Waals surface area (Å²) in [7, 11) is 1.22. The van der Waals surface area contributed by atoms with Gasteiger partial charge in [0.25, 0.3) is 5.79 Å². The molecule has 0 aliphatic carbocycles. The molecule has 42 heavy (non-hydrogen) atoms. The quantitative estimate of drug-likeness (QED) is 0.155. The number of hydrogen-bond donors (Lipinski definition) is 9. The van der Waals surface area contributed by atoms with Gasteiger partial charge >= 0.3 is 0 Å². The Kier molecular flexibility index (Phi) is 7.71. The summed E-state index contributed by atoms with van der Waals surface area (Å²) in [6.07, 6.45) is -14.4. The summed E-state index contributed by atoms with van der Waals surface area (Å²) in [5, 5.41) is 93.7. The first kappa shape index (κ1) is 29.8. The summed E-state index contributed by atoms with van der Waals surface area (Å²) < 4.78 is 28.6. The van der Waals surface area contributed by atoms with Crippen LogP contribution in [0.25, 0.3) is 22.3 Å². The van der Waals surface area contributed by atoms with Crippen LogP contribution in [0.15, 0.2) is 39.5 Å². The molecule has 0 amide bonds. The summed E-state index contributed by atoms with van der Waals surface area (Å²) in [5.74, 6) is -5.53. The van der Waals surface area contributed by atoms with Crippen molar-refractivity contribution in [3.05, 3.63) is 40.6 Å². The highest BCUT2D eigenvalue weighted by molar-refractivity contribution is 5.88. The van der Waals surface area contributed by atoms with Crippen molar-refractivity contribution in [3.8, 4) is 40.1 Å². The number of phenols is 3. The SMILES string of the molecule is COc1cc(O)cc2oc(-c3ccc(O)c(O)c3)c(O[C@@]3([C@H]4O[C@@H](C)[C@@H](O)[C@@H](O)[C@@H]4O)OC[C@H](O)[C@H](O)[C@@H]3O)c(=O)c12. The molecule has 2 aliphatic heterocycles. The first-order valence-electron chi connectivity index (χ1n) is 12.8. The third-order valence-corrected chi connectivity index (χ3v) is 7.48. The molecular formula is C27H30O15. The van der Waals surface area contributed by atoms with E-state index in [1.54, 1.807) is 0 Å². The van der Waals surface area contributed by atoms with Crippen molar-refractivity contribution in [2.24, 2.45) is 0 Å². The third kappa shape index (κ3) is 4.69. The zero-order valence-electron chi connectivity index (χ0n) is 22.2. The van der Waals surface area contributed by atoms with E-state index < -0.39 is 89.7 Å². The van der Waals surface area contributed by atoms with Crippen molar-refractivity contribution in [1.82, 2.24) is 0 Å². The van der Waals surface area contributed by atoms with Gasteiger partial charge < -0.3 is 69.3 Å². The molecule has 15 nitrogen and oxygen atoms in total. The predicted molar refractivity (Wildman–Crippen MR) is 139 cm³/mol. The van der Waals surface area contributed by atoms with E-state index in [2.05, 4.69) is 0 Å². The summed E-state index contributed by atoms with van der Waals surface area (Å²) in [5.41, 5.74) is -1.25. The fraction of sp³-hybridized carbons (Fsp3) is 0.444. The van der Waals surface area contributed by atoms with E-state index >= 15 is 0 Å². The van der Waals surface area contributed by atoms with E-state index in [4.69, 9.17) is 23.4 Å². The van der Waals surface area contributed by atoms with Gasteiger partial charge in [0.05, 0.1) is 19.8 Å². The van der Waals surface area contributed by atoms with Gasteiger partial charge in [-0.3, -0.25) is 4.79 Å². The third-order valence-electron chi connectivity index (χ3n) is 7.48. The highest BCUT2D eigenvalue weighted by Crippen LogP contribution is 2.43. The summed E-state index contributed by atoms with van der Waals surface area (Å²) in [6.45, 7) is 0.636. The van der Waals surface area contributed by atoms with Gasteiger partial charge in [-0.15, -0.1) is 0 Å². The molecule has 2 fully saturated rings. The molecule has 2 aromatic carbocycles. The Morgan fingerprint density at radius 3 is 2.29 bits per heavy atom. The van der Waals surface area contributed by atoms with Crippen LogP contribution in [-0.4, -0.2) is 114 Å². The van der Waals surface area contributed by atoms with Crippen LogP contribution < -0.4 is 14.9 Å². The minimum absolute atomic E-state index is 0.0587. The molecule has 15 heteroatoms. The number of aromatic hydroxyl groups is 3. The number of phenolic OH excluding ortho intramolecular Hbond substituents is 3. The lowest BCUT2D eigenvalue weighted by atomic mass is 9.84. The topological polar surface area (TPSA) is 249 Å². The number of aliphatic hydroxyl groups is 6. The van der Waals surface area contributed by atoms with E-state index in [0.717, 1.165) is 24.3 Å². The Balaban J connectivity index is 1.79. The number of aliphatic hydroxyl groups excluding tert-OH is 6. The van der Waals surface area contributed by atoms with Crippen molar-refractivity contribution in [3.63, 3.8) is 0 Å². The van der Waals surface area contributed by atoms with Crippen molar-refractivity contribution in [2.45, 2.75) is 61.5 Å². The lowest BCUT2D eigenvalue weighted by Crippen LogP contribution is -2.75. The molecule has 3 aromatic rings. The Morgan fingerprint density at radius 1 is 0.905 bits per heavy atom. The molecule has 0 radical (unpaired) electrons. The molecular weight excluding hydrogens is 564 g/mol. The number of benzene rings is 2.